The van der Waals surface area contributed by atoms with Crippen LogP contribution in [-0.2, 0) is 20.4 Å². The number of anilines is 1. The molecule has 6 nitrogen and oxygen atoms in total. The van der Waals surface area contributed by atoms with E-state index in [4.69, 9.17) is 14.2 Å². The molecular weight excluding hydrogens is 518 g/mol. The lowest BCUT2D eigenvalue weighted by atomic mass is 9.82. The van der Waals surface area contributed by atoms with Crippen LogP contribution >= 0.6 is 0 Å². The molecule has 10 heteroatoms. The second-order valence-electron chi connectivity index (χ2n) is 9.94. The molecular formula is C29H33F4NO5. The molecule has 0 aliphatic heterocycles. The zero-order chi connectivity index (χ0) is 28.9. The SMILES string of the molecule is CO/C=C/c1ccc(Oc2cc(C(=O)OC)c(N(C(=O)[C@H]3CC[C@H](C)CC3)C(C)C)cc2F)c(C(F)(F)F)c1. The van der Waals surface area contributed by atoms with Gasteiger partial charge in [0.2, 0.25) is 5.91 Å². The first kappa shape index (κ1) is 30.0. The predicted molar refractivity (Wildman–Crippen MR) is 139 cm³/mol. The fraction of sp³-hybridized carbons (Fsp3) is 0.448. The normalized spacial score (nSPS) is 17.8. The lowest BCUT2D eigenvalue weighted by Gasteiger charge is -2.34. The monoisotopic (exact) mass is 551 g/mol. The molecule has 0 bridgehead atoms. The minimum absolute atomic E-state index is 0.0265. The van der Waals surface area contributed by atoms with E-state index in [1.807, 2.05) is 0 Å². The van der Waals surface area contributed by atoms with Crippen molar-refractivity contribution in [3.05, 3.63) is 59.1 Å². The van der Waals surface area contributed by atoms with Gasteiger partial charge in [-0.2, -0.15) is 13.2 Å². The molecule has 0 radical (unpaired) electrons. The Morgan fingerprint density at radius 1 is 1.03 bits per heavy atom. The fourth-order valence-electron chi connectivity index (χ4n) is 4.68. The zero-order valence-electron chi connectivity index (χ0n) is 22.6. The molecule has 1 aliphatic rings. The van der Waals surface area contributed by atoms with E-state index in [0.29, 0.717) is 18.8 Å². The Labute approximate surface area is 225 Å². The lowest BCUT2D eigenvalue weighted by Crippen LogP contribution is -2.43. The van der Waals surface area contributed by atoms with Gasteiger partial charge in [-0.05, 0) is 69.2 Å². The van der Waals surface area contributed by atoms with Gasteiger partial charge < -0.3 is 19.1 Å². The van der Waals surface area contributed by atoms with Gasteiger partial charge in [-0.25, -0.2) is 9.18 Å². The summed E-state index contributed by atoms with van der Waals surface area (Å²) in [5, 5.41) is 0. The average Bonchev–Trinajstić information content (AvgIpc) is 2.88. The Kier molecular flexibility index (Phi) is 9.63. The maximum absolute atomic E-state index is 15.4. The number of esters is 1. The quantitative estimate of drug-likeness (QED) is 0.192. The van der Waals surface area contributed by atoms with Crippen molar-refractivity contribution < 1.29 is 41.4 Å². The third kappa shape index (κ3) is 7.10. The van der Waals surface area contributed by atoms with Gasteiger partial charge in [-0.15, -0.1) is 0 Å². The highest BCUT2D eigenvalue weighted by Crippen LogP contribution is 2.41. The first-order valence-corrected chi connectivity index (χ1v) is 12.7. The highest BCUT2D eigenvalue weighted by atomic mass is 19.4. The van der Waals surface area contributed by atoms with Gasteiger partial charge in [0, 0.05) is 24.1 Å². The molecule has 212 valence electrons. The molecule has 1 fully saturated rings. The summed E-state index contributed by atoms with van der Waals surface area (Å²) in [6.45, 7) is 5.60. The number of hydrogen-bond acceptors (Lipinski definition) is 5. The number of carbonyl (C=O) groups is 2. The van der Waals surface area contributed by atoms with Crippen LogP contribution in [0.3, 0.4) is 0 Å². The molecule has 1 aliphatic carbocycles. The second-order valence-corrected chi connectivity index (χ2v) is 9.94. The smallest absolute Gasteiger partial charge is 0.420 e. The number of benzene rings is 2. The molecule has 2 aromatic rings. The first-order chi connectivity index (χ1) is 18.4. The summed E-state index contributed by atoms with van der Waals surface area (Å²) in [5.41, 5.74) is -1.19. The summed E-state index contributed by atoms with van der Waals surface area (Å²) in [4.78, 5) is 27.7. The molecule has 0 heterocycles. The van der Waals surface area contributed by atoms with E-state index in [2.05, 4.69) is 6.92 Å². The third-order valence-electron chi connectivity index (χ3n) is 6.76. The maximum Gasteiger partial charge on any atom is 0.420 e. The number of halogens is 4. The molecule has 1 amide bonds. The van der Waals surface area contributed by atoms with Crippen LogP contribution in [0.2, 0.25) is 0 Å². The molecule has 3 rings (SSSR count). The van der Waals surface area contributed by atoms with Gasteiger partial charge in [0.15, 0.2) is 11.6 Å². The molecule has 0 N–H and O–H groups in total. The van der Waals surface area contributed by atoms with Crippen LogP contribution in [0.4, 0.5) is 23.2 Å². The van der Waals surface area contributed by atoms with Crippen LogP contribution in [-0.4, -0.2) is 32.1 Å². The van der Waals surface area contributed by atoms with Crippen LogP contribution < -0.4 is 9.64 Å². The number of alkyl halides is 3. The number of hydrogen-bond donors (Lipinski definition) is 0. The van der Waals surface area contributed by atoms with E-state index in [0.717, 1.165) is 44.2 Å². The highest BCUT2D eigenvalue weighted by molar-refractivity contribution is 6.04. The van der Waals surface area contributed by atoms with Gasteiger partial charge in [-0.1, -0.05) is 13.0 Å². The summed E-state index contributed by atoms with van der Waals surface area (Å²) in [5.74, 6) is -3.22. The Morgan fingerprint density at radius 3 is 2.26 bits per heavy atom. The minimum atomic E-state index is -4.81. The number of methoxy groups -OCH3 is 2. The van der Waals surface area contributed by atoms with Crippen LogP contribution in [0.5, 0.6) is 11.5 Å². The molecule has 0 spiro atoms. The summed E-state index contributed by atoms with van der Waals surface area (Å²) in [7, 11) is 2.47. The number of carbonyl (C=O) groups excluding carboxylic acids is 2. The van der Waals surface area contributed by atoms with E-state index in [1.54, 1.807) is 13.8 Å². The summed E-state index contributed by atoms with van der Waals surface area (Å²) < 4.78 is 71.9. The van der Waals surface area contributed by atoms with E-state index >= 15 is 4.39 Å². The van der Waals surface area contributed by atoms with Gasteiger partial charge in [-0.3, -0.25) is 4.79 Å². The summed E-state index contributed by atoms with van der Waals surface area (Å²) >= 11 is 0. The number of ether oxygens (including phenoxy) is 3. The van der Waals surface area contributed by atoms with Gasteiger partial charge in [0.05, 0.1) is 37.3 Å². The van der Waals surface area contributed by atoms with Crippen LogP contribution in [0.15, 0.2) is 36.6 Å². The molecule has 2 aromatic carbocycles. The van der Waals surface area contributed by atoms with Gasteiger partial charge >= 0.3 is 12.1 Å². The first-order valence-electron chi connectivity index (χ1n) is 12.7. The second kappa shape index (κ2) is 12.5. The topological polar surface area (TPSA) is 65.1 Å². The van der Waals surface area contributed by atoms with Crippen molar-refractivity contribution >= 4 is 23.6 Å². The number of amides is 1. The zero-order valence-corrected chi connectivity index (χ0v) is 22.6. The Hall–Kier alpha value is -3.56. The molecule has 0 saturated heterocycles. The number of rotatable bonds is 8. The molecule has 0 aromatic heterocycles. The molecule has 0 atom stereocenters. The van der Waals surface area contributed by atoms with E-state index in [1.165, 1.54) is 30.4 Å². The standard InChI is InChI=1S/C29H33F4NO5/c1-17(2)34(27(35)20-9-6-18(3)7-10-20)24-16-23(30)26(15-21(24)28(36)38-5)39-25-11-8-19(12-13-37-4)14-22(25)29(31,32)33/h8,11-18,20H,6-7,9-10H2,1-5H3/b13-12+/t18-,20-. The van der Waals surface area contributed by atoms with Crippen LogP contribution in [0, 0.1) is 17.7 Å². The minimum Gasteiger partial charge on any atom is -0.504 e. The van der Waals surface area contributed by atoms with Crippen LogP contribution in [0.1, 0.15) is 67.9 Å². The van der Waals surface area contributed by atoms with Crippen molar-refractivity contribution in [2.75, 3.05) is 19.1 Å². The summed E-state index contributed by atoms with van der Waals surface area (Å²) in [6.07, 6.45) is 0.851. The highest BCUT2D eigenvalue weighted by Gasteiger charge is 2.36. The Morgan fingerprint density at radius 2 is 1.69 bits per heavy atom. The third-order valence-corrected chi connectivity index (χ3v) is 6.76. The molecule has 39 heavy (non-hydrogen) atoms. The Bertz CT molecular complexity index is 1220. The van der Waals surface area contributed by atoms with Crippen molar-refractivity contribution in [3.8, 4) is 11.5 Å². The fourth-order valence-corrected chi connectivity index (χ4v) is 4.68. The summed E-state index contributed by atoms with van der Waals surface area (Å²) in [6, 6.07) is 4.71. The van der Waals surface area contributed by atoms with Gasteiger partial charge in [0.25, 0.3) is 0 Å². The predicted octanol–water partition coefficient (Wildman–Crippen LogP) is 7.61. The van der Waals surface area contributed by atoms with E-state index in [-0.39, 0.29) is 28.6 Å². The Balaban J connectivity index is 2.07. The van der Waals surface area contributed by atoms with Crippen molar-refractivity contribution in [3.63, 3.8) is 0 Å². The molecule has 1 saturated carbocycles. The number of nitrogens with zero attached hydrogens (tertiary/aromatic N) is 1. The largest absolute Gasteiger partial charge is 0.504 e. The maximum atomic E-state index is 15.4. The van der Waals surface area contributed by atoms with E-state index in [9.17, 15) is 22.8 Å². The van der Waals surface area contributed by atoms with Crippen molar-refractivity contribution in [2.24, 2.45) is 11.8 Å². The van der Waals surface area contributed by atoms with Gasteiger partial charge in [0.1, 0.15) is 5.75 Å². The average molecular weight is 552 g/mol. The van der Waals surface area contributed by atoms with Crippen molar-refractivity contribution in [1.82, 2.24) is 0 Å². The van der Waals surface area contributed by atoms with Crippen molar-refractivity contribution in [2.45, 2.75) is 58.7 Å². The van der Waals surface area contributed by atoms with Crippen LogP contribution in [0.25, 0.3) is 6.08 Å². The van der Waals surface area contributed by atoms with E-state index < -0.39 is 41.1 Å². The lowest BCUT2D eigenvalue weighted by molar-refractivity contribution is -0.138. The molecule has 0 unspecified atom stereocenters. The van der Waals surface area contributed by atoms with Crippen molar-refractivity contribution in [1.29, 1.82) is 0 Å².